The maximum Gasteiger partial charge on any atom is 0.248 e. The zero-order valence-electron chi connectivity index (χ0n) is 11.5. The lowest BCUT2D eigenvalue weighted by atomic mass is 9.86. The van der Waals surface area contributed by atoms with Gasteiger partial charge in [-0.15, -0.1) is 0 Å². The summed E-state index contributed by atoms with van der Waals surface area (Å²) in [5.74, 6) is -0.505. The quantitative estimate of drug-likeness (QED) is 0.854. The van der Waals surface area contributed by atoms with Crippen LogP contribution in [0.25, 0.3) is 0 Å². The van der Waals surface area contributed by atoms with Crippen LogP contribution < -0.4 is 0 Å². The number of hydrogen-bond donors (Lipinski definition) is 1. The summed E-state index contributed by atoms with van der Waals surface area (Å²) in [5, 5.41) is 0. The van der Waals surface area contributed by atoms with E-state index >= 15 is 0 Å². The second kappa shape index (κ2) is 4.88. The summed E-state index contributed by atoms with van der Waals surface area (Å²) >= 11 is 0. The Morgan fingerprint density at radius 2 is 2.00 bits per heavy atom. The highest BCUT2D eigenvalue weighted by Gasteiger charge is 2.36. The SMILES string of the molecule is CCC1CCc2nc(C3CCC(F)(F)CC3)[nH]c2C1. The Kier molecular flexibility index (Phi) is 3.35. The van der Waals surface area contributed by atoms with Crippen molar-refractivity contribution in [3.8, 4) is 0 Å². The number of aromatic amines is 1. The van der Waals surface area contributed by atoms with E-state index in [1.807, 2.05) is 0 Å². The minimum absolute atomic E-state index is 0.0145. The van der Waals surface area contributed by atoms with Crippen molar-refractivity contribution in [1.29, 1.82) is 0 Å². The molecular weight excluding hydrogens is 246 g/mol. The first-order valence-corrected chi connectivity index (χ1v) is 7.53. The average molecular weight is 268 g/mol. The van der Waals surface area contributed by atoms with Crippen molar-refractivity contribution < 1.29 is 8.78 Å². The predicted octanol–water partition coefficient (Wildman–Crippen LogP) is 4.22. The third-order valence-electron chi connectivity index (χ3n) is 4.85. The van der Waals surface area contributed by atoms with Crippen molar-refractivity contribution in [1.82, 2.24) is 9.97 Å². The Morgan fingerprint density at radius 1 is 1.26 bits per heavy atom. The second-order valence-electron chi connectivity index (χ2n) is 6.19. The maximum absolute atomic E-state index is 13.2. The van der Waals surface area contributed by atoms with Crippen LogP contribution in [-0.2, 0) is 12.8 Å². The number of rotatable bonds is 2. The number of alkyl halides is 2. The van der Waals surface area contributed by atoms with Gasteiger partial charge in [-0.25, -0.2) is 13.8 Å². The van der Waals surface area contributed by atoms with Crippen LogP contribution in [-0.4, -0.2) is 15.9 Å². The molecule has 1 atom stereocenters. The van der Waals surface area contributed by atoms with E-state index < -0.39 is 5.92 Å². The van der Waals surface area contributed by atoms with Crippen molar-refractivity contribution >= 4 is 0 Å². The average Bonchev–Trinajstić information content (AvgIpc) is 2.81. The molecule has 1 aromatic rings. The van der Waals surface area contributed by atoms with Crippen LogP contribution in [0.15, 0.2) is 0 Å². The summed E-state index contributed by atoms with van der Waals surface area (Å²) < 4.78 is 26.4. The molecule has 0 saturated heterocycles. The fourth-order valence-electron chi connectivity index (χ4n) is 3.43. The van der Waals surface area contributed by atoms with Gasteiger partial charge in [0, 0.05) is 24.5 Å². The smallest absolute Gasteiger partial charge is 0.248 e. The van der Waals surface area contributed by atoms with E-state index in [4.69, 9.17) is 4.98 Å². The summed E-state index contributed by atoms with van der Waals surface area (Å²) in [6, 6.07) is 0. The molecule has 0 bridgehead atoms. The molecule has 4 heteroatoms. The minimum Gasteiger partial charge on any atom is -0.345 e. The van der Waals surface area contributed by atoms with E-state index in [1.54, 1.807) is 0 Å². The van der Waals surface area contributed by atoms with Gasteiger partial charge in [-0.05, 0) is 38.0 Å². The summed E-state index contributed by atoms with van der Waals surface area (Å²) in [6.45, 7) is 2.23. The lowest BCUT2D eigenvalue weighted by molar-refractivity contribution is -0.0387. The molecule has 1 saturated carbocycles. The van der Waals surface area contributed by atoms with E-state index in [1.165, 1.54) is 24.2 Å². The topological polar surface area (TPSA) is 28.7 Å². The van der Waals surface area contributed by atoms with E-state index in [9.17, 15) is 8.78 Å². The van der Waals surface area contributed by atoms with Gasteiger partial charge >= 0.3 is 0 Å². The third kappa shape index (κ3) is 2.67. The molecule has 19 heavy (non-hydrogen) atoms. The van der Waals surface area contributed by atoms with Gasteiger partial charge in [0.25, 0.3) is 0 Å². The number of hydrogen-bond acceptors (Lipinski definition) is 1. The first-order valence-electron chi connectivity index (χ1n) is 7.53. The van der Waals surface area contributed by atoms with Crippen LogP contribution in [0.4, 0.5) is 8.78 Å². The van der Waals surface area contributed by atoms with E-state index in [2.05, 4.69) is 11.9 Å². The molecule has 0 amide bonds. The maximum atomic E-state index is 13.2. The highest BCUT2D eigenvalue weighted by molar-refractivity contribution is 5.20. The third-order valence-corrected chi connectivity index (χ3v) is 4.85. The number of nitrogens with zero attached hydrogens (tertiary/aromatic N) is 1. The van der Waals surface area contributed by atoms with Crippen molar-refractivity contribution in [3.05, 3.63) is 17.2 Å². The zero-order chi connectivity index (χ0) is 13.5. The van der Waals surface area contributed by atoms with Gasteiger partial charge in [-0.2, -0.15) is 0 Å². The molecule has 0 aromatic carbocycles. The first-order chi connectivity index (χ1) is 9.07. The van der Waals surface area contributed by atoms with Crippen molar-refractivity contribution in [2.75, 3.05) is 0 Å². The first kappa shape index (κ1) is 13.1. The van der Waals surface area contributed by atoms with Crippen LogP contribution in [0.5, 0.6) is 0 Å². The van der Waals surface area contributed by atoms with Crippen LogP contribution in [0.3, 0.4) is 0 Å². The van der Waals surface area contributed by atoms with Gasteiger partial charge in [0.1, 0.15) is 5.82 Å². The van der Waals surface area contributed by atoms with E-state index in [-0.39, 0.29) is 18.8 Å². The molecule has 2 aliphatic carbocycles. The number of nitrogens with one attached hydrogen (secondary N) is 1. The summed E-state index contributed by atoms with van der Waals surface area (Å²) in [7, 11) is 0. The lowest BCUT2D eigenvalue weighted by Crippen LogP contribution is -2.24. The van der Waals surface area contributed by atoms with Crippen LogP contribution in [0, 0.1) is 5.92 Å². The van der Waals surface area contributed by atoms with E-state index in [0.29, 0.717) is 12.8 Å². The number of H-pyrrole nitrogens is 1. The van der Waals surface area contributed by atoms with Crippen LogP contribution >= 0.6 is 0 Å². The molecule has 1 heterocycles. The molecule has 1 N–H and O–H groups in total. The van der Waals surface area contributed by atoms with Crippen LogP contribution in [0.2, 0.25) is 0 Å². The molecule has 1 unspecified atom stereocenters. The molecule has 1 aromatic heterocycles. The monoisotopic (exact) mass is 268 g/mol. The summed E-state index contributed by atoms with van der Waals surface area (Å²) in [5.41, 5.74) is 2.46. The Hall–Kier alpha value is -0.930. The molecule has 1 fully saturated rings. The molecule has 3 rings (SSSR count). The van der Waals surface area contributed by atoms with Gasteiger partial charge in [-0.3, -0.25) is 0 Å². The number of aromatic nitrogens is 2. The molecule has 0 radical (unpaired) electrons. The highest BCUT2D eigenvalue weighted by atomic mass is 19.3. The van der Waals surface area contributed by atoms with Gasteiger partial charge in [0.05, 0.1) is 5.69 Å². The second-order valence-corrected chi connectivity index (χ2v) is 6.19. The minimum atomic E-state index is -2.45. The molecule has 2 nitrogen and oxygen atoms in total. The predicted molar refractivity (Wildman–Crippen MR) is 70.5 cm³/mol. The van der Waals surface area contributed by atoms with Crippen LogP contribution in [0.1, 0.15) is 68.6 Å². The number of fused-ring (bicyclic) bond motifs is 1. The van der Waals surface area contributed by atoms with Crippen molar-refractivity contribution in [3.63, 3.8) is 0 Å². The van der Waals surface area contributed by atoms with Gasteiger partial charge in [0.15, 0.2) is 0 Å². The fourth-order valence-corrected chi connectivity index (χ4v) is 3.43. The summed E-state index contributed by atoms with van der Waals surface area (Å²) in [4.78, 5) is 8.13. The number of halogens is 2. The Balaban J connectivity index is 1.72. The zero-order valence-corrected chi connectivity index (χ0v) is 11.5. The highest BCUT2D eigenvalue weighted by Crippen LogP contribution is 2.40. The molecule has 2 aliphatic rings. The van der Waals surface area contributed by atoms with Gasteiger partial charge < -0.3 is 4.98 Å². The van der Waals surface area contributed by atoms with Gasteiger partial charge in [0.2, 0.25) is 5.92 Å². The van der Waals surface area contributed by atoms with Gasteiger partial charge in [-0.1, -0.05) is 13.3 Å². The largest absolute Gasteiger partial charge is 0.345 e. The Bertz CT molecular complexity index is 443. The van der Waals surface area contributed by atoms with E-state index in [0.717, 1.165) is 24.6 Å². The number of imidazole rings is 1. The Morgan fingerprint density at radius 3 is 2.68 bits per heavy atom. The lowest BCUT2D eigenvalue weighted by Gasteiger charge is -2.26. The molecule has 106 valence electrons. The standard InChI is InChI=1S/C15H22F2N2/c1-2-10-3-4-12-13(9-10)19-14(18-12)11-5-7-15(16,17)8-6-11/h10-11H,2-9H2,1H3,(H,18,19). The summed E-state index contributed by atoms with van der Waals surface area (Å²) in [6.07, 6.45) is 5.73. The van der Waals surface area contributed by atoms with Crippen molar-refractivity contribution in [2.45, 2.75) is 70.1 Å². The number of aryl methyl sites for hydroxylation is 1. The molecular formula is C15H22F2N2. The normalized spacial score (nSPS) is 27.2. The molecule has 0 spiro atoms. The fraction of sp³-hybridized carbons (Fsp3) is 0.800. The van der Waals surface area contributed by atoms with Crippen molar-refractivity contribution in [2.24, 2.45) is 5.92 Å². The Labute approximate surface area is 113 Å². The molecule has 0 aliphatic heterocycles.